The zero-order valence-corrected chi connectivity index (χ0v) is 10.3. The molecule has 0 saturated carbocycles. The van der Waals surface area contributed by atoms with Gasteiger partial charge in [0, 0.05) is 10.4 Å². The fraction of sp³-hybridized carbons (Fsp3) is 0.333. The van der Waals surface area contributed by atoms with Crippen LogP contribution in [0.1, 0.15) is 20.8 Å². The summed E-state index contributed by atoms with van der Waals surface area (Å²) in [6.07, 6.45) is 0. The SMILES string of the molecule is CC(C)(C)Nc1c(-c2cccs2)c(=O)c1=O. The third-order valence-electron chi connectivity index (χ3n) is 2.18. The van der Waals surface area contributed by atoms with Crippen molar-refractivity contribution in [3.8, 4) is 10.4 Å². The molecule has 2 rings (SSSR count). The average Bonchev–Trinajstić information content (AvgIpc) is 2.67. The third-order valence-corrected chi connectivity index (χ3v) is 3.07. The summed E-state index contributed by atoms with van der Waals surface area (Å²) in [6.45, 7) is 5.88. The summed E-state index contributed by atoms with van der Waals surface area (Å²) >= 11 is 1.47. The molecule has 4 heteroatoms. The van der Waals surface area contributed by atoms with E-state index in [1.54, 1.807) is 0 Å². The zero-order valence-electron chi connectivity index (χ0n) is 9.46. The summed E-state index contributed by atoms with van der Waals surface area (Å²) in [4.78, 5) is 23.9. The minimum absolute atomic E-state index is 0.214. The molecule has 0 aliphatic heterocycles. The lowest BCUT2D eigenvalue weighted by molar-refractivity contribution is 0.632. The molecule has 0 aliphatic rings. The summed E-state index contributed by atoms with van der Waals surface area (Å²) in [5.41, 5.74) is -0.00353. The summed E-state index contributed by atoms with van der Waals surface area (Å²) in [5, 5.41) is 4.99. The zero-order chi connectivity index (χ0) is 11.9. The first-order valence-electron chi connectivity index (χ1n) is 5.05. The monoisotopic (exact) mass is 235 g/mol. The van der Waals surface area contributed by atoms with Gasteiger partial charge in [-0.15, -0.1) is 11.3 Å². The van der Waals surface area contributed by atoms with Gasteiger partial charge < -0.3 is 5.32 Å². The van der Waals surface area contributed by atoms with Crippen molar-refractivity contribution in [2.45, 2.75) is 26.3 Å². The number of rotatable bonds is 2. The van der Waals surface area contributed by atoms with Crippen molar-refractivity contribution in [2.75, 3.05) is 5.32 Å². The Morgan fingerprint density at radius 2 is 1.88 bits per heavy atom. The van der Waals surface area contributed by atoms with Crippen molar-refractivity contribution < 1.29 is 0 Å². The highest BCUT2D eigenvalue weighted by atomic mass is 32.1. The average molecular weight is 235 g/mol. The predicted molar refractivity (Wildman–Crippen MR) is 68.0 cm³/mol. The van der Waals surface area contributed by atoms with Gasteiger partial charge in [-0.1, -0.05) is 6.07 Å². The minimum Gasteiger partial charge on any atom is -0.377 e. The van der Waals surface area contributed by atoms with Crippen LogP contribution in [-0.2, 0) is 0 Å². The summed E-state index contributed by atoms with van der Waals surface area (Å²) in [5.74, 6) is 0. The van der Waals surface area contributed by atoms with E-state index in [0.717, 1.165) is 4.88 Å². The van der Waals surface area contributed by atoms with Crippen LogP contribution in [0.15, 0.2) is 27.1 Å². The van der Waals surface area contributed by atoms with Crippen LogP contribution in [-0.4, -0.2) is 5.54 Å². The second kappa shape index (κ2) is 3.56. The van der Waals surface area contributed by atoms with E-state index in [2.05, 4.69) is 5.32 Å². The van der Waals surface area contributed by atoms with Gasteiger partial charge in [0.1, 0.15) is 0 Å². The maximum Gasteiger partial charge on any atom is 0.250 e. The molecule has 0 amide bonds. The number of nitrogens with one attached hydrogen (secondary N) is 1. The first kappa shape index (κ1) is 11.1. The molecule has 84 valence electrons. The van der Waals surface area contributed by atoms with Crippen LogP contribution in [0.3, 0.4) is 0 Å². The van der Waals surface area contributed by atoms with Gasteiger partial charge in [-0.05, 0) is 32.2 Å². The fourth-order valence-corrected chi connectivity index (χ4v) is 2.32. The number of hydrogen-bond donors (Lipinski definition) is 1. The normalized spacial score (nSPS) is 11.9. The quantitative estimate of drug-likeness (QED) is 0.812. The molecule has 2 aromatic rings. The highest BCUT2D eigenvalue weighted by molar-refractivity contribution is 7.13. The van der Waals surface area contributed by atoms with E-state index < -0.39 is 5.43 Å². The molecule has 0 saturated heterocycles. The van der Waals surface area contributed by atoms with E-state index in [9.17, 15) is 9.59 Å². The van der Waals surface area contributed by atoms with Gasteiger partial charge in [-0.3, -0.25) is 9.59 Å². The van der Waals surface area contributed by atoms with E-state index >= 15 is 0 Å². The molecule has 0 fully saturated rings. The molecule has 1 N–H and O–H groups in total. The smallest absolute Gasteiger partial charge is 0.250 e. The number of thiophene rings is 1. The molecular formula is C12H13NO2S. The van der Waals surface area contributed by atoms with Crippen LogP contribution < -0.4 is 16.2 Å². The van der Waals surface area contributed by atoms with E-state index in [0.29, 0.717) is 11.3 Å². The predicted octanol–water partition coefficient (Wildman–Crippen LogP) is 2.22. The van der Waals surface area contributed by atoms with Crippen LogP contribution in [0, 0.1) is 0 Å². The van der Waals surface area contributed by atoms with Gasteiger partial charge >= 0.3 is 0 Å². The van der Waals surface area contributed by atoms with E-state index in [1.165, 1.54) is 11.3 Å². The summed E-state index contributed by atoms with van der Waals surface area (Å²) in [7, 11) is 0. The molecular weight excluding hydrogens is 222 g/mol. The largest absolute Gasteiger partial charge is 0.377 e. The van der Waals surface area contributed by atoms with Gasteiger partial charge in [0.15, 0.2) is 0 Å². The number of hydrogen-bond acceptors (Lipinski definition) is 4. The molecule has 16 heavy (non-hydrogen) atoms. The van der Waals surface area contributed by atoms with Crippen molar-refractivity contribution >= 4 is 17.0 Å². The molecule has 1 aromatic carbocycles. The first-order chi connectivity index (χ1) is 7.40. The van der Waals surface area contributed by atoms with E-state index in [1.807, 2.05) is 38.3 Å². The van der Waals surface area contributed by atoms with Crippen molar-refractivity contribution in [3.05, 3.63) is 38.0 Å². The Hall–Kier alpha value is -1.42. The molecule has 0 aliphatic carbocycles. The van der Waals surface area contributed by atoms with Crippen molar-refractivity contribution in [1.82, 2.24) is 0 Å². The number of anilines is 1. The maximum atomic E-state index is 11.5. The second-order valence-electron chi connectivity index (χ2n) is 4.76. The van der Waals surface area contributed by atoms with Crippen molar-refractivity contribution in [1.29, 1.82) is 0 Å². The Morgan fingerprint density at radius 3 is 2.38 bits per heavy atom. The Kier molecular flexibility index (Phi) is 2.46. The molecule has 1 heterocycles. The molecule has 0 radical (unpaired) electrons. The lowest BCUT2D eigenvalue weighted by Gasteiger charge is -2.24. The van der Waals surface area contributed by atoms with Gasteiger partial charge in [-0.25, -0.2) is 0 Å². The summed E-state index contributed by atoms with van der Waals surface area (Å²) < 4.78 is 0. The van der Waals surface area contributed by atoms with Gasteiger partial charge in [0.2, 0.25) is 10.9 Å². The fourth-order valence-electron chi connectivity index (χ4n) is 1.54. The molecule has 0 bridgehead atoms. The molecule has 0 unspecified atom stereocenters. The highest BCUT2D eigenvalue weighted by Gasteiger charge is 2.25. The maximum absolute atomic E-state index is 11.5. The topological polar surface area (TPSA) is 46.2 Å². The Labute approximate surface area is 97.4 Å². The van der Waals surface area contributed by atoms with Crippen molar-refractivity contribution in [2.24, 2.45) is 0 Å². The lowest BCUT2D eigenvalue weighted by atomic mass is 10.0. The molecule has 1 aromatic heterocycles. The minimum atomic E-state index is -0.404. The highest BCUT2D eigenvalue weighted by Crippen LogP contribution is 2.29. The van der Waals surface area contributed by atoms with Gasteiger partial charge in [-0.2, -0.15) is 0 Å². The van der Waals surface area contributed by atoms with Gasteiger partial charge in [0.05, 0.1) is 11.3 Å². The van der Waals surface area contributed by atoms with E-state index in [-0.39, 0.29) is 11.0 Å². The first-order valence-corrected chi connectivity index (χ1v) is 5.93. The van der Waals surface area contributed by atoms with E-state index in [4.69, 9.17) is 0 Å². The molecule has 3 nitrogen and oxygen atoms in total. The summed E-state index contributed by atoms with van der Waals surface area (Å²) in [6, 6.07) is 3.73. The van der Waals surface area contributed by atoms with Crippen molar-refractivity contribution in [3.63, 3.8) is 0 Å². The second-order valence-corrected chi connectivity index (χ2v) is 5.71. The van der Waals surface area contributed by atoms with Crippen LogP contribution in [0.2, 0.25) is 0 Å². The van der Waals surface area contributed by atoms with Gasteiger partial charge in [0.25, 0.3) is 0 Å². The third kappa shape index (κ3) is 1.80. The Balaban J connectivity index is 2.45. The lowest BCUT2D eigenvalue weighted by Crippen LogP contribution is -2.40. The Bertz CT molecular complexity index is 569. The van der Waals surface area contributed by atoms with Crippen LogP contribution in [0.5, 0.6) is 0 Å². The van der Waals surface area contributed by atoms with Crippen LogP contribution in [0.25, 0.3) is 10.4 Å². The molecule has 0 spiro atoms. The van der Waals surface area contributed by atoms with Crippen LogP contribution in [0.4, 0.5) is 5.69 Å². The Morgan fingerprint density at radius 1 is 1.19 bits per heavy atom. The van der Waals surface area contributed by atoms with Crippen LogP contribution >= 0.6 is 11.3 Å². The standard InChI is InChI=1S/C12H13NO2S/c1-12(2,3)13-9-8(10(14)11(9)15)7-5-4-6-16-7/h4-6,13H,1-3H3. The molecule has 0 atom stereocenters.